The first-order chi connectivity index (χ1) is 10.4. The zero-order valence-corrected chi connectivity index (χ0v) is 13.3. The molecule has 0 atom stereocenters. The van der Waals surface area contributed by atoms with Crippen LogP contribution >= 0.6 is 0 Å². The molecule has 5 nitrogen and oxygen atoms in total. The molecule has 0 spiro atoms. The molecule has 1 aromatic carbocycles. The average Bonchev–Trinajstić information content (AvgIpc) is 2.47. The van der Waals surface area contributed by atoms with Crippen molar-refractivity contribution in [3.63, 3.8) is 0 Å². The van der Waals surface area contributed by atoms with Crippen LogP contribution in [0.3, 0.4) is 0 Å². The molecular formula is C15H18FNO4S. The highest BCUT2D eigenvalue weighted by molar-refractivity contribution is 7.89. The highest BCUT2D eigenvalue weighted by Gasteiger charge is 2.32. The number of benzene rings is 1. The molecule has 0 amide bonds. The van der Waals surface area contributed by atoms with Gasteiger partial charge in [-0.3, -0.25) is 0 Å². The van der Waals surface area contributed by atoms with Crippen LogP contribution < -0.4 is 0 Å². The van der Waals surface area contributed by atoms with Gasteiger partial charge < -0.3 is 4.74 Å². The van der Waals surface area contributed by atoms with Crippen LogP contribution in [0.1, 0.15) is 18.9 Å². The molecule has 120 valence electrons. The van der Waals surface area contributed by atoms with Crippen molar-refractivity contribution in [3.8, 4) is 0 Å². The number of rotatable bonds is 4. The molecule has 0 fully saturated rings. The molecule has 0 saturated heterocycles. The predicted octanol–water partition coefficient (Wildman–Crippen LogP) is 2.18. The second-order valence-corrected chi connectivity index (χ2v) is 6.94. The Hall–Kier alpha value is -1.73. The molecule has 0 N–H and O–H groups in total. The van der Waals surface area contributed by atoms with Gasteiger partial charge in [-0.2, -0.15) is 4.31 Å². The molecule has 22 heavy (non-hydrogen) atoms. The maximum atomic E-state index is 14.1. The van der Waals surface area contributed by atoms with Crippen molar-refractivity contribution in [1.29, 1.82) is 0 Å². The number of nitrogens with zero attached hydrogens (tertiary/aromatic N) is 1. The van der Waals surface area contributed by atoms with E-state index in [4.69, 9.17) is 4.74 Å². The molecule has 0 aromatic heterocycles. The minimum atomic E-state index is -3.77. The van der Waals surface area contributed by atoms with E-state index in [0.29, 0.717) is 0 Å². The van der Waals surface area contributed by atoms with Crippen molar-refractivity contribution in [2.45, 2.75) is 25.2 Å². The van der Waals surface area contributed by atoms with E-state index in [-0.39, 0.29) is 30.0 Å². The van der Waals surface area contributed by atoms with Gasteiger partial charge in [0.25, 0.3) is 0 Å². The number of carbonyl (C=O) groups is 1. The van der Waals surface area contributed by atoms with E-state index in [1.807, 2.05) is 6.92 Å². The summed E-state index contributed by atoms with van der Waals surface area (Å²) in [5.74, 6) is -1.47. The minimum absolute atomic E-state index is 0.00968. The first-order valence-corrected chi connectivity index (χ1v) is 8.41. The van der Waals surface area contributed by atoms with Gasteiger partial charge in [-0.15, -0.1) is 0 Å². The van der Waals surface area contributed by atoms with Gasteiger partial charge in [-0.05, 0) is 32.4 Å². The van der Waals surface area contributed by atoms with Gasteiger partial charge in [0.05, 0.1) is 23.6 Å². The SMILES string of the molecule is CCOC(=O)C1=C(F)CN(S(=O)(=O)c2ccc(C)cc2)CC1. The van der Waals surface area contributed by atoms with E-state index in [1.165, 1.54) is 12.1 Å². The summed E-state index contributed by atoms with van der Waals surface area (Å²) >= 11 is 0. The highest BCUT2D eigenvalue weighted by atomic mass is 32.2. The number of halogens is 1. The van der Waals surface area contributed by atoms with Crippen LogP contribution in [0.5, 0.6) is 0 Å². The van der Waals surface area contributed by atoms with Crippen LogP contribution in [-0.4, -0.2) is 38.4 Å². The lowest BCUT2D eigenvalue weighted by Crippen LogP contribution is -2.37. The number of ether oxygens (including phenoxy) is 1. The lowest BCUT2D eigenvalue weighted by atomic mass is 10.1. The van der Waals surface area contributed by atoms with Crippen molar-refractivity contribution < 1.29 is 22.3 Å². The molecule has 0 radical (unpaired) electrons. The Labute approximate surface area is 129 Å². The summed E-state index contributed by atoms with van der Waals surface area (Å²) in [6.07, 6.45) is 0.00968. The maximum Gasteiger partial charge on any atom is 0.336 e. The van der Waals surface area contributed by atoms with Crippen LogP contribution in [0.25, 0.3) is 0 Å². The summed E-state index contributed by atoms with van der Waals surface area (Å²) in [5.41, 5.74) is 0.866. The lowest BCUT2D eigenvalue weighted by molar-refractivity contribution is -0.139. The topological polar surface area (TPSA) is 63.7 Å². The molecule has 1 aliphatic heterocycles. The van der Waals surface area contributed by atoms with Crippen molar-refractivity contribution in [2.75, 3.05) is 19.7 Å². The highest BCUT2D eigenvalue weighted by Crippen LogP contribution is 2.25. The van der Waals surface area contributed by atoms with Gasteiger partial charge in [-0.25, -0.2) is 17.6 Å². The van der Waals surface area contributed by atoms with Crippen molar-refractivity contribution in [1.82, 2.24) is 4.31 Å². The Balaban J connectivity index is 2.22. The van der Waals surface area contributed by atoms with Gasteiger partial charge in [0, 0.05) is 6.54 Å². The number of aryl methyl sites for hydroxylation is 1. The Morgan fingerprint density at radius 3 is 2.50 bits per heavy atom. The first-order valence-electron chi connectivity index (χ1n) is 6.97. The third-order valence-corrected chi connectivity index (χ3v) is 5.29. The van der Waals surface area contributed by atoms with E-state index in [9.17, 15) is 17.6 Å². The van der Waals surface area contributed by atoms with Crippen molar-refractivity contribution in [2.24, 2.45) is 0 Å². The zero-order valence-electron chi connectivity index (χ0n) is 12.5. The summed E-state index contributed by atoms with van der Waals surface area (Å²) < 4.78 is 44.8. The number of carbonyl (C=O) groups excluding carboxylic acids is 1. The number of esters is 1. The summed E-state index contributed by atoms with van der Waals surface area (Å²) in [5, 5.41) is 0. The zero-order chi connectivity index (χ0) is 16.3. The van der Waals surface area contributed by atoms with Crippen LogP contribution in [0.15, 0.2) is 40.6 Å². The lowest BCUT2D eigenvalue weighted by Gasteiger charge is -2.26. The molecule has 1 heterocycles. The fourth-order valence-electron chi connectivity index (χ4n) is 2.20. The fraction of sp³-hybridized carbons (Fsp3) is 0.400. The third-order valence-electron chi connectivity index (χ3n) is 3.43. The molecular weight excluding hydrogens is 309 g/mol. The number of hydrogen-bond acceptors (Lipinski definition) is 4. The molecule has 0 unspecified atom stereocenters. The molecule has 1 aromatic rings. The minimum Gasteiger partial charge on any atom is -0.463 e. The second-order valence-electron chi connectivity index (χ2n) is 5.01. The standard InChI is InChI=1S/C15H18FNO4S/c1-3-21-15(18)13-8-9-17(10-14(13)16)22(19,20)12-6-4-11(2)5-7-12/h4-7H,3,8-10H2,1-2H3. The van der Waals surface area contributed by atoms with Gasteiger partial charge in [0.2, 0.25) is 10.0 Å². The van der Waals surface area contributed by atoms with Crippen LogP contribution in [0.4, 0.5) is 4.39 Å². The average molecular weight is 327 g/mol. The largest absolute Gasteiger partial charge is 0.463 e. The van der Waals surface area contributed by atoms with E-state index < -0.39 is 28.4 Å². The van der Waals surface area contributed by atoms with Gasteiger partial charge in [-0.1, -0.05) is 17.7 Å². The van der Waals surface area contributed by atoms with E-state index in [0.717, 1.165) is 9.87 Å². The normalized spacial score (nSPS) is 16.7. The monoisotopic (exact) mass is 327 g/mol. The fourth-order valence-corrected chi connectivity index (χ4v) is 3.59. The van der Waals surface area contributed by atoms with Gasteiger partial charge in [0.1, 0.15) is 5.83 Å². The summed E-state index contributed by atoms with van der Waals surface area (Å²) in [7, 11) is -3.77. The molecule has 2 rings (SSSR count). The van der Waals surface area contributed by atoms with Crippen LogP contribution in [0, 0.1) is 6.92 Å². The van der Waals surface area contributed by atoms with Crippen molar-refractivity contribution in [3.05, 3.63) is 41.2 Å². The predicted molar refractivity (Wildman–Crippen MR) is 79.3 cm³/mol. The number of sulfonamides is 1. The van der Waals surface area contributed by atoms with E-state index >= 15 is 0 Å². The first kappa shape index (κ1) is 16.6. The Kier molecular flexibility index (Phi) is 4.97. The molecule has 0 saturated carbocycles. The van der Waals surface area contributed by atoms with E-state index in [2.05, 4.69) is 0 Å². The Morgan fingerprint density at radius 2 is 1.95 bits per heavy atom. The quantitative estimate of drug-likeness (QED) is 0.795. The van der Waals surface area contributed by atoms with Crippen LogP contribution in [-0.2, 0) is 19.6 Å². The smallest absolute Gasteiger partial charge is 0.336 e. The number of hydrogen-bond donors (Lipinski definition) is 0. The molecule has 7 heteroatoms. The van der Waals surface area contributed by atoms with Gasteiger partial charge >= 0.3 is 5.97 Å². The van der Waals surface area contributed by atoms with E-state index in [1.54, 1.807) is 19.1 Å². The summed E-state index contributed by atoms with van der Waals surface area (Å²) in [4.78, 5) is 11.7. The molecule has 1 aliphatic rings. The maximum absolute atomic E-state index is 14.1. The summed E-state index contributed by atoms with van der Waals surface area (Å²) in [6.45, 7) is 3.25. The third kappa shape index (κ3) is 3.36. The van der Waals surface area contributed by atoms with Crippen LogP contribution in [0.2, 0.25) is 0 Å². The second kappa shape index (κ2) is 6.58. The molecule has 0 bridgehead atoms. The molecule has 0 aliphatic carbocycles. The van der Waals surface area contributed by atoms with Gasteiger partial charge in [0.15, 0.2) is 0 Å². The Bertz CT molecular complexity index is 695. The van der Waals surface area contributed by atoms with Crippen molar-refractivity contribution >= 4 is 16.0 Å². The Morgan fingerprint density at radius 1 is 1.32 bits per heavy atom. The summed E-state index contributed by atoms with van der Waals surface area (Å²) in [6, 6.07) is 6.36.